The van der Waals surface area contributed by atoms with E-state index in [4.69, 9.17) is 32.7 Å². The quantitative estimate of drug-likeness (QED) is 0.224. The van der Waals surface area contributed by atoms with Crippen molar-refractivity contribution >= 4 is 86.5 Å². The summed E-state index contributed by atoms with van der Waals surface area (Å²) in [6.07, 6.45) is -0.973. The van der Waals surface area contributed by atoms with Crippen LogP contribution in [0.3, 0.4) is 0 Å². The van der Waals surface area contributed by atoms with E-state index >= 15 is 0 Å². The summed E-state index contributed by atoms with van der Waals surface area (Å²) in [5, 5.41) is 0.775. The van der Waals surface area contributed by atoms with E-state index in [0.717, 1.165) is 20.9 Å². The largest absolute Gasteiger partial charge is 0.414 e. The monoisotopic (exact) mass is 584 g/mol. The normalized spacial score (nSPS) is 10.7. The van der Waals surface area contributed by atoms with Crippen molar-refractivity contribution in [2.24, 2.45) is 0 Å². The average Bonchev–Trinajstić information content (AvgIpc) is 2.73. The topological polar surface area (TPSA) is 59.1 Å². The Labute approximate surface area is 222 Å². The van der Waals surface area contributed by atoms with Crippen LogP contribution < -0.4 is 9.47 Å². The molecular formula is C20H22Cl2N2O4S5. The Balaban J connectivity index is 1.94. The van der Waals surface area contributed by atoms with E-state index in [9.17, 15) is 9.59 Å². The number of benzene rings is 2. The summed E-state index contributed by atoms with van der Waals surface area (Å²) in [5.74, 6) is 0.653. The molecule has 0 N–H and O–H groups in total. The zero-order chi connectivity index (χ0) is 24.7. The molecule has 2 aromatic carbocycles. The van der Waals surface area contributed by atoms with Crippen molar-refractivity contribution in [2.45, 2.75) is 23.6 Å². The Morgan fingerprint density at radius 2 is 1.06 bits per heavy atom. The van der Waals surface area contributed by atoms with E-state index in [1.165, 1.54) is 9.80 Å². The van der Waals surface area contributed by atoms with E-state index in [0.29, 0.717) is 21.5 Å². The number of rotatable bonds is 8. The predicted molar refractivity (Wildman–Crippen MR) is 146 cm³/mol. The first-order valence-corrected chi connectivity index (χ1v) is 16.1. The molecule has 0 bridgehead atoms. The molecule has 33 heavy (non-hydrogen) atoms. The lowest BCUT2D eigenvalue weighted by Gasteiger charge is -2.14. The molecule has 0 aliphatic heterocycles. The van der Waals surface area contributed by atoms with Crippen LogP contribution in [-0.4, -0.2) is 50.2 Å². The van der Waals surface area contributed by atoms with Crippen LogP contribution in [0, 0.1) is 13.8 Å². The Morgan fingerprint density at radius 1 is 0.697 bits per heavy atom. The zero-order valence-corrected chi connectivity index (χ0v) is 24.2. The molecule has 0 saturated heterocycles. The van der Waals surface area contributed by atoms with Crippen molar-refractivity contribution in [1.29, 1.82) is 0 Å². The highest BCUT2D eigenvalue weighted by atomic mass is 35.5. The molecule has 0 aliphatic rings. The molecule has 0 radical (unpaired) electrons. The van der Waals surface area contributed by atoms with Gasteiger partial charge in [0.25, 0.3) is 0 Å². The first-order valence-electron chi connectivity index (χ1n) is 9.22. The predicted octanol–water partition coefficient (Wildman–Crippen LogP) is 8.48. The summed E-state index contributed by atoms with van der Waals surface area (Å²) in [4.78, 5) is 28.3. The van der Waals surface area contributed by atoms with Gasteiger partial charge in [-0.25, -0.2) is 9.59 Å². The highest BCUT2D eigenvalue weighted by molar-refractivity contribution is 9.35. The summed E-state index contributed by atoms with van der Waals surface area (Å²) in [5.41, 5.74) is 1.97. The van der Waals surface area contributed by atoms with Gasteiger partial charge < -0.3 is 19.3 Å². The summed E-state index contributed by atoms with van der Waals surface area (Å²) in [7, 11) is 14.3. The van der Waals surface area contributed by atoms with Gasteiger partial charge in [0.1, 0.15) is 0 Å². The van der Waals surface area contributed by atoms with E-state index in [1.807, 2.05) is 13.8 Å². The van der Waals surface area contributed by atoms with Crippen LogP contribution in [0.4, 0.5) is 9.59 Å². The van der Waals surface area contributed by atoms with Gasteiger partial charge in [0, 0.05) is 38.0 Å². The first-order chi connectivity index (χ1) is 15.5. The van der Waals surface area contributed by atoms with Gasteiger partial charge in [-0.3, -0.25) is 0 Å². The van der Waals surface area contributed by atoms with Gasteiger partial charge in [-0.05, 0) is 100 Å². The molecule has 0 aromatic heterocycles. The van der Waals surface area contributed by atoms with Gasteiger partial charge in [0.2, 0.25) is 0 Å². The van der Waals surface area contributed by atoms with E-state index in [-0.39, 0.29) is 0 Å². The minimum atomic E-state index is -0.486. The lowest BCUT2D eigenvalue weighted by molar-refractivity contribution is 0.171. The molecular weight excluding hydrogens is 563 g/mol. The third-order valence-electron chi connectivity index (χ3n) is 3.89. The van der Waals surface area contributed by atoms with E-state index < -0.39 is 12.2 Å². The molecule has 6 nitrogen and oxygen atoms in total. The minimum Gasteiger partial charge on any atom is -0.409 e. The molecule has 0 atom stereocenters. The number of halogens is 2. The number of nitrogens with zero attached hydrogens (tertiary/aromatic N) is 2. The van der Waals surface area contributed by atoms with Crippen molar-refractivity contribution < 1.29 is 19.1 Å². The van der Waals surface area contributed by atoms with Crippen LogP contribution in [0.2, 0.25) is 10.0 Å². The van der Waals surface area contributed by atoms with E-state index in [2.05, 4.69) is 0 Å². The summed E-state index contributed by atoms with van der Waals surface area (Å²) >= 11 is 12.4. The summed E-state index contributed by atoms with van der Waals surface area (Å²) in [6, 6.07) is 7.10. The first kappa shape index (κ1) is 28.5. The zero-order valence-electron chi connectivity index (χ0n) is 18.6. The molecule has 2 amide bonds. The molecule has 180 valence electrons. The number of aryl methyl sites for hydroxylation is 2. The van der Waals surface area contributed by atoms with Gasteiger partial charge in [0.05, 0.1) is 10.0 Å². The number of hydrogen-bond acceptors (Lipinski definition) is 9. The fraction of sp³-hybridized carbons (Fsp3) is 0.300. The Hall–Kier alpha value is -0.690. The maximum atomic E-state index is 11.8. The number of ether oxygens (including phenoxy) is 2. The van der Waals surface area contributed by atoms with Gasteiger partial charge in [0.15, 0.2) is 11.5 Å². The SMILES string of the molecule is Cc1cc(Cl)c(OC(=O)N(C)C)cc1SSSSSc1cc(OC(=O)N(C)C)c(Cl)cc1C. The summed E-state index contributed by atoms with van der Waals surface area (Å²) in [6.45, 7) is 3.90. The average molecular weight is 586 g/mol. The van der Waals surface area contributed by atoms with Crippen molar-refractivity contribution in [1.82, 2.24) is 9.80 Å². The van der Waals surface area contributed by atoms with Crippen LogP contribution in [0.25, 0.3) is 0 Å². The van der Waals surface area contributed by atoms with Crippen LogP contribution in [0.15, 0.2) is 34.1 Å². The fourth-order valence-electron chi connectivity index (χ4n) is 2.09. The molecule has 0 saturated carbocycles. The van der Waals surface area contributed by atoms with Crippen molar-refractivity contribution in [3.63, 3.8) is 0 Å². The number of amides is 2. The second-order valence-corrected chi connectivity index (χ2v) is 15.3. The molecule has 0 heterocycles. The highest BCUT2D eigenvalue weighted by Gasteiger charge is 2.15. The highest BCUT2D eigenvalue weighted by Crippen LogP contribution is 2.54. The molecule has 13 heteroatoms. The lowest BCUT2D eigenvalue weighted by atomic mass is 10.2. The Morgan fingerprint density at radius 3 is 1.39 bits per heavy atom. The third kappa shape index (κ3) is 8.79. The van der Waals surface area contributed by atoms with Crippen LogP contribution in [-0.2, 0) is 0 Å². The van der Waals surface area contributed by atoms with Crippen molar-refractivity contribution in [2.75, 3.05) is 28.2 Å². The number of carbonyl (C=O) groups excluding carboxylic acids is 2. The van der Waals surface area contributed by atoms with E-state index in [1.54, 1.807) is 104 Å². The Bertz CT molecular complexity index is 945. The van der Waals surface area contributed by atoms with Gasteiger partial charge in [-0.1, -0.05) is 23.2 Å². The summed E-state index contributed by atoms with van der Waals surface area (Å²) < 4.78 is 10.7. The number of hydrogen-bond donors (Lipinski definition) is 0. The third-order valence-corrected chi connectivity index (χ3v) is 13.0. The maximum absolute atomic E-state index is 11.8. The Kier molecular flexibility index (Phi) is 11.6. The van der Waals surface area contributed by atoms with Crippen molar-refractivity contribution in [3.05, 3.63) is 45.4 Å². The van der Waals surface area contributed by atoms with Crippen LogP contribution >= 0.6 is 74.3 Å². The molecule has 0 spiro atoms. The second-order valence-electron chi connectivity index (χ2n) is 6.99. The second kappa shape index (κ2) is 13.4. The van der Waals surface area contributed by atoms with Gasteiger partial charge in [-0.15, -0.1) is 0 Å². The lowest BCUT2D eigenvalue weighted by Crippen LogP contribution is -2.25. The molecule has 2 rings (SSSR count). The van der Waals surface area contributed by atoms with Gasteiger partial charge in [-0.2, -0.15) is 0 Å². The molecule has 0 unspecified atom stereocenters. The number of carbonyl (C=O) groups is 2. The minimum absolute atomic E-state index is 0.327. The maximum Gasteiger partial charge on any atom is 0.414 e. The van der Waals surface area contributed by atoms with Crippen molar-refractivity contribution in [3.8, 4) is 11.5 Å². The fourth-order valence-corrected chi connectivity index (χ4v) is 11.2. The van der Waals surface area contributed by atoms with Crippen LogP contribution in [0.1, 0.15) is 11.1 Å². The molecule has 2 aromatic rings. The smallest absolute Gasteiger partial charge is 0.409 e. The standard InChI is InChI=1S/C20H22Cl2N2O4S5/c1-11-7-13(21)15(27-19(25)23(3)4)9-17(11)29-31-33-32-30-18-10-16(14(22)8-12(18)2)28-20(26)24(5)6/h7-10H,1-6H3. The van der Waals surface area contributed by atoms with Gasteiger partial charge >= 0.3 is 12.2 Å². The molecule has 0 aliphatic carbocycles. The van der Waals surface area contributed by atoms with Crippen LogP contribution in [0.5, 0.6) is 11.5 Å². The molecule has 0 fully saturated rings.